The molecule has 1 N–H and O–H groups in total. The van der Waals surface area contributed by atoms with Crippen molar-refractivity contribution in [1.82, 2.24) is 10.2 Å². The largest absolute Gasteiger partial charge is 0.340 e. The molecule has 1 aliphatic heterocycles. The van der Waals surface area contributed by atoms with Crippen molar-refractivity contribution in [3.8, 4) is 12.3 Å². The van der Waals surface area contributed by atoms with E-state index in [1.165, 1.54) is 0 Å². The standard InChI is InChI=1S/C14H20N2O2/c1-6-13(3,4)16-9(2)11(17)15-14(5,12(16)18)10-7-8-10/h1,9-10H,7-8H2,2-5H3,(H,15,17). The van der Waals surface area contributed by atoms with Crippen molar-refractivity contribution in [3.63, 3.8) is 0 Å². The fourth-order valence-corrected chi connectivity index (χ4v) is 2.70. The van der Waals surface area contributed by atoms with E-state index in [0.717, 1.165) is 12.8 Å². The molecule has 0 bridgehead atoms. The molecule has 0 spiro atoms. The van der Waals surface area contributed by atoms with Crippen LogP contribution < -0.4 is 5.32 Å². The molecule has 18 heavy (non-hydrogen) atoms. The van der Waals surface area contributed by atoms with Crippen molar-refractivity contribution in [3.05, 3.63) is 0 Å². The number of hydrogen-bond acceptors (Lipinski definition) is 2. The summed E-state index contributed by atoms with van der Waals surface area (Å²) in [5.74, 6) is 2.69. The SMILES string of the molecule is C#CC(C)(C)N1C(=O)C(C)(C2CC2)NC(=O)C1C. The number of terminal acetylenes is 1. The number of nitrogens with zero attached hydrogens (tertiary/aromatic N) is 1. The van der Waals surface area contributed by atoms with Crippen LogP contribution in [0, 0.1) is 18.3 Å². The van der Waals surface area contributed by atoms with Gasteiger partial charge in [0.05, 0.1) is 5.54 Å². The number of piperazine rings is 1. The first kappa shape index (κ1) is 12.9. The lowest BCUT2D eigenvalue weighted by atomic mass is 9.86. The summed E-state index contributed by atoms with van der Waals surface area (Å²) < 4.78 is 0. The highest BCUT2D eigenvalue weighted by Gasteiger charge is 2.56. The van der Waals surface area contributed by atoms with Gasteiger partial charge in [-0.25, -0.2) is 0 Å². The topological polar surface area (TPSA) is 49.4 Å². The van der Waals surface area contributed by atoms with Gasteiger partial charge in [0, 0.05) is 0 Å². The van der Waals surface area contributed by atoms with E-state index in [1.807, 2.05) is 6.92 Å². The molecule has 0 aromatic rings. The molecule has 0 aromatic heterocycles. The maximum Gasteiger partial charge on any atom is 0.250 e. The van der Waals surface area contributed by atoms with Crippen molar-refractivity contribution in [1.29, 1.82) is 0 Å². The molecule has 4 heteroatoms. The maximum atomic E-state index is 12.7. The molecule has 2 fully saturated rings. The molecule has 1 aliphatic carbocycles. The van der Waals surface area contributed by atoms with Crippen molar-refractivity contribution >= 4 is 11.8 Å². The Morgan fingerprint density at radius 1 is 1.44 bits per heavy atom. The van der Waals surface area contributed by atoms with Gasteiger partial charge in [-0.1, -0.05) is 5.92 Å². The van der Waals surface area contributed by atoms with Crippen molar-refractivity contribution < 1.29 is 9.59 Å². The summed E-state index contributed by atoms with van der Waals surface area (Å²) in [6.45, 7) is 7.13. The van der Waals surface area contributed by atoms with E-state index in [9.17, 15) is 9.59 Å². The second-order valence-corrected chi connectivity index (χ2v) is 6.02. The molecule has 2 rings (SSSR count). The van der Waals surface area contributed by atoms with E-state index in [0.29, 0.717) is 0 Å². The van der Waals surface area contributed by atoms with Crippen LogP contribution in [-0.2, 0) is 9.59 Å². The number of carbonyl (C=O) groups excluding carboxylic acids is 2. The normalized spacial score (nSPS) is 33.1. The first-order valence-corrected chi connectivity index (χ1v) is 6.37. The minimum absolute atomic E-state index is 0.0555. The average molecular weight is 248 g/mol. The van der Waals surface area contributed by atoms with E-state index < -0.39 is 17.1 Å². The Kier molecular flexibility index (Phi) is 2.69. The van der Waals surface area contributed by atoms with Gasteiger partial charge < -0.3 is 10.2 Å². The maximum absolute atomic E-state index is 12.7. The molecular formula is C14H20N2O2. The van der Waals surface area contributed by atoms with E-state index in [2.05, 4.69) is 11.2 Å². The smallest absolute Gasteiger partial charge is 0.250 e. The summed E-state index contributed by atoms with van der Waals surface area (Å²) in [5.41, 5.74) is -1.53. The van der Waals surface area contributed by atoms with Gasteiger partial charge in [-0.2, -0.15) is 0 Å². The van der Waals surface area contributed by atoms with Crippen LogP contribution in [0.25, 0.3) is 0 Å². The molecule has 2 amide bonds. The molecule has 0 aromatic carbocycles. The first-order chi connectivity index (χ1) is 8.24. The fourth-order valence-electron chi connectivity index (χ4n) is 2.70. The molecule has 2 atom stereocenters. The average Bonchev–Trinajstić information content (AvgIpc) is 3.10. The quantitative estimate of drug-likeness (QED) is 0.739. The first-order valence-electron chi connectivity index (χ1n) is 6.37. The van der Waals surface area contributed by atoms with Crippen LogP contribution in [0.2, 0.25) is 0 Å². The van der Waals surface area contributed by atoms with Crippen LogP contribution in [0.5, 0.6) is 0 Å². The number of nitrogens with one attached hydrogen (secondary N) is 1. The van der Waals surface area contributed by atoms with Gasteiger partial charge in [-0.05, 0) is 46.5 Å². The van der Waals surface area contributed by atoms with Crippen LogP contribution in [-0.4, -0.2) is 33.8 Å². The van der Waals surface area contributed by atoms with E-state index in [4.69, 9.17) is 6.42 Å². The van der Waals surface area contributed by atoms with E-state index >= 15 is 0 Å². The molecular weight excluding hydrogens is 228 g/mol. The number of hydrogen-bond donors (Lipinski definition) is 1. The lowest BCUT2D eigenvalue weighted by Crippen LogP contribution is -2.73. The van der Waals surface area contributed by atoms with Gasteiger partial charge in [-0.3, -0.25) is 9.59 Å². The second-order valence-electron chi connectivity index (χ2n) is 6.02. The van der Waals surface area contributed by atoms with Crippen LogP contribution >= 0.6 is 0 Å². The highest BCUT2D eigenvalue weighted by Crippen LogP contribution is 2.43. The Bertz CT molecular complexity index is 445. The van der Waals surface area contributed by atoms with Crippen LogP contribution in [0.1, 0.15) is 40.5 Å². The molecule has 4 nitrogen and oxygen atoms in total. The van der Waals surface area contributed by atoms with Gasteiger partial charge in [0.1, 0.15) is 11.6 Å². The van der Waals surface area contributed by atoms with Gasteiger partial charge in [-0.15, -0.1) is 6.42 Å². The highest BCUT2D eigenvalue weighted by molar-refractivity contribution is 6.00. The van der Waals surface area contributed by atoms with Crippen LogP contribution in [0.3, 0.4) is 0 Å². The molecule has 2 aliphatic rings. The molecule has 2 unspecified atom stereocenters. The Balaban J connectivity index is 2.41. The third-order valence-corrected chi connectivity index (χ3v) is 4.16. The summed E-state index contributed by atoms with van der Waals surface area (Å²) >= 11 is 0. The van der Waals surface area contributed by atoms with E-state index in [-0.39, 0.29) is 17.7 Å². The molecule has 1 saturated carbocycles. The van der Waals surface area contributed by atoms with Crippen molar-refractivity contribution in [2.24, 2.45) is 5.92 Å². The van der Waals surface area contributed by atoms with Crippen LogP contribution in [0.4, 0.5) is 0 Å². The summed E-state index contributed by atoms with van der Waals surface area (Å²) in [6.07, 6.45) is 7.49. The zero-order chi connectivity index (χ0) is 13.7. The second kappa shape index (κ2) is 3.74. The van der Waals surface area contributed by atoms with Gasteiger partial charge in [0.15, 0.2) is 0 Å². The Hall–Kier alpha value is -1.50. The molecule has 0 radical (unpaired) electrons. The summed E-state index contributed by atoms with van der Waals surface area (Å²) in [4.78, 5) is 26.4. The minimum Gasteiger partial charge on any atom is -0.340 e. The zero-order valence-corrected chi connectivity index (χ0v) is 11.4. The lowest BCUT2D eigenvalue weighted by Gasteiger charge is -2.48. The van der Waals surface area contributed by atoms with Gasteiger partial charge in [0.25, 0.3) is 0 Å². The van der Waals surface area contributed by atoms with Crippen LogP contribution in [0.15, 0.2) is 0 Å². The monoisotopic (exact) mass is 248 g/mol. The predicted molar refractivity (Wildman–Crippen MR) is 68.5 cm³/mol. The third kappa shape index (κ3) is 1.69. The summed E-state index contributed by atoms with van der Waals surface area (Å²) in [5, 5.41) is 2.88. The zero-order valence-electron chi connectivity index (χ0n) is 11.4. The van der Waals surface area contributed by atoms with Gasteiger partial charge in [0.2, 0.25) is 11.8 Å². The number of carbonyl (C=O) groups is 2. The summed E-state index contributed by atoms with van der Waals surface area (Å²) in [6, 6.07) is -0.518. The van der Waals surface area contributed by atoms with Crippen molar-refractivity contribution in [2.45, 2.75) is 57.7 Å². The fraction of sp³-hybridized carbons (Fsp3) is 0.714. The third-order valence-electron chi connectivity index (χ3n) is 4.16. The number of amides is 2. The Morgan fingerprint density at radius 3 is 2.44 bits per heavy atom. The Morgan fingerprint density at radius 2 is 2.00 bits per heavy atom. The highest BCUT2D eigenvalue weighted by atomic mass is 16.2. The lowest BCUT2D eigenvalue weighted by molar-refractivity contribution is -0.159. The molecule has 98 valence electrons. The predicted octanol–water partition coefficient (Wildman–Crippen LogP) is 0.914. The summed E-state index contributed by atoms with van der Waals surface area (Å²) in [7, 11) is 0. The Labute approximate surface area is 108 Å². The van der Waals surface area contributed by atoms with Gasteiger partial charge >= 0.3 is 0 Å². The van der Waals surface area contributed by atoms with E-state index in [1.54, 1.807) is 25.7 Å². The number of rotatable bonds is 2. The molecule has 1 saturated heterocycles. The minimum atomic E-state index is -0.780. The molecule has 1 heterocycles. The van der Waals surface area contributed by atoms with Crippen molar-refractivity contribution in [2.75, 3.05) is 0 Å².